The molecule has 15 heavy (non-hydrogen) atoms. The summed E-state index contributed by atoms with van der Waals surface area (Å²) in [6.45, 7) is 3.37. The number of nitrogens with zero attached hydrogens (tertiary/aromatic N) is 1. The second-order valence-electron chi connectivity index (χ2n) is 4.47. The van der Waals surface area contributed by atoms with Crippen molar-refractivity contribution in [1.29, 1.82) is 0 Å². The molecule has 0 aliphatic heterocycles. The fourth-order valence-electron chi connectivity index (χ4n) is 1.61. The zero-order valence-corrected chi connectivity index (χ0v) is 10.3. The van der Waals surface area contributed by atoms with E-state index >= 15 is 0 Å². The molecule has 84 valence electrons. The van der Waals surface area contributed by atoms with E-state index in [2.05, 4.69) is 50.2 Å². The monoisotopic (exact) mass is 205 g/mol. The van der Waals surface area contributed by atoms with E-state index in [1.165, 1.54) is 30.4 Å². The van der Waals surface area contributed by atoms with Gasteiger partial charge in [0, 0.05) is 6.54 Å². The van der Waals surface area contributed by atoms with Gasteiger partial charge in [-0.05, 0) is 44.5 Å². The van der Waals surface area contributed by atoms with E-state index in [4.69, 9.17) is 0 Å². The third-order valence-corrected chi connectivity index (χ3v) is 2.69. The Morgan fingerprint density at radius 2 is 1.47 bits per heavy atom. The van der Waals surface area contributed by atoms with Crippen LogP contribution in [0.25, 0.3) is 0 Å². The largest absolute Gasteiger partial charge is 0.309 e. The molecule has 0 aliphatic rings. The molecule has 0 saturated heterocycles. The summed E-state index contributed by atoms with van der Waals surface area (Å²) < 4.78 is 0. The smallest absolute Gasteiger partial charge is 0.00157 e. The van der Waals surface area contributed by atoms with E-state index in [0.29, 0.717) is 0 Å². The molecule has 1 rings (SSSR count). The van der Waals surface area contributed by atoms with Crippen LogP contribution in [0.3, 0.4) is 0 Å². The van der Waals surface area contributed by atoms with Gasteiger partial charge >= 0.3 is 0 Å². The van der Waals surface area contributed by atoms with Gasteiger partial charge in [-0.1, -0.05) is 37.6 Å². The average molecular weight is 205 g/mol. The molecule has 0 heterocycles. The molecule has 0 amide bonds. The SMILES string of the molecule is CCCCc1ccc(CCN(C)C)cc1. The molecule has 0 spiro atoms. The van der Waals surface area contributed by atoms with Crippen molar-refractivity contribution in [3.05, 3.63) is 35.4 Å². The predicted octanol–water partition coefficient (Wildman–Crippen LogP) is 3.13. The highest BCUT2D eigenvalue weighted by Crippen LogP contribution is 2.08. The molecule has 0 aromatic heterocycles. The second kappa shape index (κ2) is 6.62. The van der Waals surface area contributed by atoms with Crippen molar-refractivity contribution in [1.82, 2.24) is 4.90 Å². The Balaban J connectivity index is 2.41. The van der Waals surface area contributed by atoms with Crippen LogP contribution in [-0.4, -0.2) is 25.5 Å². The maximum atomic E-state index is 2.28. The number of unbranched alkanes of at least 4 members (excludes halogenated alkanes) is 1. The van der Waals surface area contributed by atoms with Crippen molar-refractivity contribution in [2.24, 2.45) is 0 Å². The van der Waals surface area contributed by atoms with Gasteiger partial charge in [0.2, 0.25) is 0 Å². The summed E-state index contributed by atoms with van der Waals surface area (Å²) in [5, 5.41) is 0. The lowest BCUT2D eigenvalue weighted by atomic mass is 10.0. The normalized spacial score (nSPS) is 10.9. The second-order valence-corrected chi connectivity index (χ2v) is 4.47. The maximum Gasteiger partial charge on any atom is 0.00157 e. The Morgan fingerprint density at radius 1 is 0.933 bits per heavy atom. The fraction of sp³-hybridized carbons (Fsp3) is 0.571. The highest BCUT2D eigenvalue weighted by molar-refractivity contribution is 5.22. The summed E-state index contributed by atoms with van der Waals surface area (Å²) in [6, 6.07) is 9.10. The molecule has 0 fully saturated rings. The van der Waals surface area contributed by atoms with Crippen molar-refractivity contribution in [3.63, 3.8) is 0 Å². The molecule has 0 saturated carbocycles. The van der Waals surface area contributed by atoms with E-state index in [-0.39, 0.29) is 0 Å². The molecule has 1 nitrogen and oxygen atoms in total. The van der Waals surface area contributed by atoms with Crippen LogP contribution >= 0.6 is 0 Å². The van der Waals surface area contributed by atoms with E-state index in [1.54, 1.807) is 0 Å². The van der Waals surface area contributed by atoms with Gasteiger partial charge in [-0.25, -0.2) is 0 Å². The molecule has 1 heteroatoms. The van der Waals surface area contributed by atoms with Crippen LogP contribution in [0.2, 0.25) is 0 Å². The standard InChI is InChI=1S/C14H23N/c1-4-5-6-13-7-9-14(10-8-13)11-12-15(2)3/h7-10H,4-6,11-12H2,1-3H3. The third kappa shape index (κ3) is 4.98. The molecule has 0 N–H and O–H groups in total. The van der Waals surface area contributed by atoms with Gasteiger partial charge in [-0.3, -0.25) is 0 Å². The first-order chi connectivity index (χ1) is 7.22. The molecule has 1 aromatic rings. The molecular weight excluding hydrogens is 182 g/mol. The lowest BCUT2D eigenvalue weighted by molar-refractivity contribution is 0.413. The molecule has 0 atom stereocenters. The number of aryl methyl sites for hydroxylation is 1. The van der Waals surface area contributed by atoms with Gasteiger partial charge in [0.1, 0.15) is 0 Å². The quantitative estimate of drug-likeness (QED) is 0.689. The van der Waals surface area contributed by atoms with Crippen molar-refractivity contribution < 1.29 is 0 Å². The number of hydrogen-bond acceptors (Lipinski definition) is 1. The molecule has 0 unspecified atom stereocenters. The van der Waals surface area contributed by atoms with Crippen molar-refractivity contribution in [3.8, 4) is 0 Å². The Labute approximate surface area is 94.1 Å². The Kier molecular flexibility index (Phi) is 5.41. The van der Waals surface area contributed by atoms with Crippen LogP contribution < -0.4 is 0 Å². The van der Waals surface area contributed by atoms with Crippen molar-refractivity contribution in [2.75, 3.05) is 20.6 Å². The molecular formula is C14H23N. The van der Waals surface area contributed by atoms with Gasteiger partial charge in [-0.15, -0.1) is 0 Å². The zero-order valence-electron chi connectivity index (χ0n) is 10.3. The summed E-state index contributed by atoms with van der Waals surface area (Å²) in [7, 11) is 4.24. The molecule has 0 aliphatic carbocycles. The minimum atomic E-state index is 1.13. The minimum absolute atomic E-state index is 1.13. The van der Waals surface area contributed by atoms with E-state index < -0.39 is 0 Å². The lowest BCUT2D eigenvalue weighted by Gasteiger charge is -2.09. The first kappa shape index (κ1) is 12.3. The Morgan fingerprint density at radius 3 is 1.93 bits per heavy atom. The average Bonchev–Trinajstić information content (AvgIpc) is 2.25. The minimum Gasteiger partial charge on any atom is -0.309 e. The van der Waals surface area contributed by atoms with Crippen LogP contribution in [-0.2, 0) is 12.8 Å². The molecule has 0 bridgehead atoms. The summed E-state index contributed by atoms with van der Waals surface area (Å²) in [5.41, 5.74) is 2.93. The Bertz CT molecular complexity index is 261. The topological polar surface area (TPSA) is 3.24 Å². The third-order valence-electron chi connectivity index (χ3n) is 2.69. The predicted molar refractivity (Wildman–Crippen MR) is 67.3 cm³/mol. The van der Waals surface area contributed by atoms with E-state index in [1.807, 2.05) is 0 Å². The van der Waals surface area contributed by atoms with Gasteiger partial charge in [-0.2, -0.15) is 0 Å². The van der Waals surface area contributed by atoms with Crippen LogP contribution in [0.4, 0.5) is 0 Å². The summed E-state index contributed by atoms with van der Waals surface area (Å²) in [4.78, 5) is 2.23. The summed E-state index contributed by atoms with van der Waals surface area (Å²) >= 11 is 0. The number of hydrogen-bond donors (Lipinski definition) is 0. The van der Waals surface area contributed by atoms with Gasteiger partial charge < -0.3 is 4.90 Å². The summed E-state index contributed by atoms with van der Waals surface area (Å²) in [6.07, 6.45) is 4.96. The highest BCUT2D eigenvalue weighted by atomic mass is 15.0. The first-order valence-electron chi connectivity index (χ1n) is 5.95. The van der Waals surface area contributed by atoms with Crippen molar-refractivity contribution >= 4 is 0 Å². The van der Waals surface area contributed by atoms with E-state index in [9.17, 15) is 0 Å². The summed E-state index contributed by atoms with van der Waals surface area (Å²) in [5.74, 6) is 0. The van der Waals surface area contributed by atoms with Crippen LogP contribution in [0.15, 0.2) is 24.3 Å². The van der Waals surface area contributed by atoms with Crippen LogP contribution in [0.5, 0.6) is 0 Å². The number of benzene rings is 1. The van der Waals surface area contributed by atoms with Gasteiger partial charge in [0.25, 0.3) is 0 Å². The molecule has 0 radical (unpaired) electrons. The fourth-order valence-corrected chi connectivity index (χ4v) is 1.61. The lowest BCUT2D eigenvalue weighted by Crippen LogP contribution is -2.14. The zero-order chi connectivity index (χ0) is 11.1. The molecule has 1 aromatic carbocycles. The van der Waals surface area contributed by atoms with Crippen LogP contribution in [0.1, 0.15) is 30.9 Å². The van der Waals surface area contributed by atoms with Gasteiger partial charge in [0.05, 0.1) is 0 Å². The number of rotatable bonds is 6. The highest BCUT2D eigenvalue weighted by Gasteiger charge is 1.96. The Hall–Kier alpha value is -0.820. The van der Waals surface area contributed by atoms with Crippen molar-refractivity contribution in [2.45, 2.75) is 32.6 Å². The van der Waals surface area contributed by atoms with E-state index in [0.717, 1.165) is 13.0 Å². The first-order valence-corrected chi connectivity index (χ1v) is 5.95. The van der Waals surface area contributed by atoms with Gasteiger partial charge in [0.15, 0.2) is 0 Å². The maximum absolute atomic E-state index is 2.28. The van der Waals surface area contributed by atoms with Crippen LogP contribution in [0, 0.1) is 0 Å². The number of likely N-dealkylation sites (N-methyl/N-ethyl adjacent to an activating group) is 1.